The molecule has 0 amide bonds. The minimum Gasteiger partial charge on any atom is -0.407 e. The Balaban J connectivity index is 1.57. The van der Waals surface area contributed by atoms with Crippen LogP contribution in [-0.4, -0.2) is 16.2 Å². The summed E-state index contributed by atoms with van der Waals surface area (Å²) in [4.78, 5) is 0. The molecular weight excluding hydrogens is 259 g/mol. The molecule has 1 aliphatic rings. The van der Waals surface area contributed by atoms with E-state index >= 15 is 0 Å². The van der Waals surface area contributed by atoms with Gasteiger partial charge in [0.25, 0.3) is 0 Å². The number of nitrogens with one attached hydrogen (secondary N) is 2. The van der Waals surface area contributed by atoms with Crippen LogP contribution in [0.1, 0.15) is 37.3 Å². The van der Waals surface area contributed by atoms with Gasteiger partial charge in [0.15, 0.2) is 0 Å². The van der Waals surface area contributed by atoms with Crippen LogP contribution in [0, 0.1) is 5.82 Å². The first kappa shape index (κ1) is 13.1. The van der Waals surface area contributed by atoms with E-state index in [1.165, 1.54) is 25.0 Å². The lowest BCUT2D eigenvalue weighted by molar-refractivity contribution is 0.473. The van der Waals surface area contributed by atoms with Gasteiger partial charge in [-0.3, -0.25) is 0 Å². The number of halogens is 1. The number of rotatable bonds is 6. The first-order chi connectivity index (χ1) is 9.70. The summed E-state index contributed by atoms with van der Waals surface area (Å²) in [6.45, 7) is 2.56. The first-order valence-electron chi connectivity index (χ1n) is 6.78. The van der Waals surface area contributed by atoms with Crippen LogP contribution >= 0.6 is 0 Å². The van der Waals surface area contributed by atoms with Gasteiger partial charge < -0.3 is 15.1 Å². The minimum atomic E-state index is -0.243. The summed E-state index contributed by atoms with van der Waals surface area (Å²) in [6.07, 6.45) is 2.45. The molecule has 3 rings (SSSR count). The molecule has 1 fully saturated rings. The highest BCUT2D eigenvalue weighted by Gasteiger charge is 2.21. The van der Waals surface area contributed by atoms with Crippen molar-refractivity contribution >= 4 is 6.01 Å². The van der Waals surface area contributed by atoms with E-state index in [2.05, 4.69) is 20.8 Å². The van der Waals surface area contributed by atoms with Crippen LogP contribution in [0.4, 0.5) is 10.4 Å². The molecule has 1 unspecified atom stereocenters. The molecule has 1 aromatic carbocycles. The molecule has 20 heavy (non-hydrogen) atoms. The molecule has 1 heterocycles. The average Bonchev–Trinajstić information content (AvgIpc) is 3.17. The molecular formula is C14H17FN4O. The number of nitrogens with zero attached hydrogens (tertiary/aromatic N) is 2. The van der Waals surface area contributed by atoms with Gasteiger partial charge in [0.1, 0.15) is 5.82 Å². The van der Waals surface area contributed by atoms with Crippen molar-refractivity contribution in [2.75, 3.05) is 5.32 Å². The van der Waals surface area contributed by atoms with Gasteiger partial charge in [0, 0.05) is 6.04 Å². The summed E-state index contributed by atoms with van der Waals surface area (Å²) < 4.78 is 18.4. The van der Waals surface area contributed by atoms with Crippen LogP contribution in [0.15, 0.2) is 28.7 Å². The Bertz CT molecular complexity index is 565. The third kappa shape index (κ3) is 3.33. The summed E-state index contributed by atoms with van der Waals surface area (Å²) in [6, 6.07) is 7.31. The standard InChI is InChI=1S/C14H17FN4O/c1-9(10-2-4-11(15)5-3-10)17-14-19-18-13(20-14)8-16-12-6-7-12/h2-5,9,12,16H,6-8H2,1H3,(H,17,19). The molecule has 0 radical (unpaired) electrons. The van der Waals surface area contributed by atoms with Crippen molar-refractivity contribution in [3.05, 3.63) is 41.5 Å². The highest BCUT2D eigenvalue weighted by Crippen LogP contribution is 2.20. The van der Waals surface area contributed by atoms with E-state index in [0.717, 1.165) is 5.56 Å². The minimum absolute atomic E-state index is 0.0275. The van der Waals surface area contributed by atoms with Crippen LogP contribution in [0.3, 0.4) is 0 Å². The Labute approximate surface area is 116 Å². The zero-order valence-electron chi connectivity index (χ0n) is 11.3. The third-order valence-electron chi connectivity index (χ3n) is 3.30. The fourth-order valence-electron chi connectivity index (χ4n) is 1.92. The lowest BCUT2D eigenvalue weighted by Gasteiger charge is -2.11. The highest BCUT2D eigenvalue weighted by atomic mass is 19.1. The maximum absolute atomic E-state index is 12.9. The second-order valence-corrected chi connectivity index (χ2v) is 5.07. The normalized spacial score (nSPS) is 16.1. The van der Waals surface area contributed by atoms with Crippen molar-refractivity contribution in [3.8, 4) is 0 Å². The van der Waals surface area contributed by atoms with Crippen molar-refractivity contribution in [1.29, 1.82) is 0 Å². The van der Waals surface area contributed by atoms with Crippen molar-refractivity contribution in [2.24, 2.45) is 0 Å². The first-order valence-corrected chi connectivity index (χ1v) is 6.78. The van der Waals surface area contributed by atoms with Gasteiger partial charge in [0.2, 0.25) is 5.89 Å². The van der Waals surface area contributed by atoms with Gasteiger partial charge in [-0.05, 0) is 37.5 Å². The van der Waals surface area contributed by atoms with E-state index in [4.69, 9.17) is 4.42 Å². The summed E-state index contributed by atoms with van der Waals surface area (Å²) in [5.41, 5.74) is 0.960. The Morgan fingerprint density at radius 3 is 2.75 bits per heavy atom. The molecule has 1 aromatic heterocycles. The van der Waals surface area contributed by atoms with Gasteiger partial charge >= 0.3 is 6.01 Å². The zero-order valence-corrected chi connectivity index (χ0v) is 11.3. The Morgan fingerprint density at radius 1 is 1.30 bits per heavy atom. The van der Waals surface area contributed by atoms with Gasteiger partial charge in [-0.15, -0.1) is 5.10 Å². The smallest absolute Gasteiger partial charge is 0.315 e. The van der Waals surface area contributed by atoms with Crippen LogP contribution < -0.4 is 10.6 Å². The maximum Gasteiger partial charge on any atom is 0.315 e. The molecule has 2 N–H and O–H groups in total. The number of hydrogen-bond donors (Lipinski definition) is 2. The summed E-state index contributed by atoms with van der Waals surface area (Å²) in [5.74, 6) is 0.331. The van der Waals surface area contributed by atoms with E-state index < -0.39 is 0 Å². The van der Waals surface area contributed by atoms with Crippen molar-refractivity contribution in [3.63, 3.8) is 0 Å². The van der Waals surface area contributed by atoms with E-state index in [9.17, 15) is 4.39 Å². The Morgan fingerprint density at radius 2 is 2.05 bits per heavy atom. The van der Waals surface area contributed by atoms with Gasteiger partial charge in [-0.25, -0.2) is 4.39 Å². The monoisotopic (exact) mass is 276 g/mol. The predicted octanol–water partition coefficient (Wildman–Crippen LogP) is 2.63. The zero-order chi connectivity index (χ0) is 13.9. The molecule has 0 bridgehead atoms. The van der Waals surface area contributed by atoms with Crippen molar-refractivity contribution in [2.45, 2.75) is 38.4 Å². The number of benzene rings is 1. The molecule has 2 aromatic rings. The Kier molecular flexibility index (Phi) is 3.64. The van der Waals surface area contributed by atoms with Crippen LogP contribution in [0.25, 0.3) is 0 Å². The lowest BCUT2D eigenvalue weighted by Crippen LogP contribution is -2.15. The quantitative estimate of drug-likeness (QED) is 0.849. The number of hydrogen-bond acceptors (Lipinski definition) is 5. The van der Waals surface area contributed by atoms with Crippen molar-refractivity contribution in [1.82, 2.24) is 15.5 Å². The van der Waals surface area contributed by atoms with Crippen molar-refractivity contribution < 1.29 is 8.81 Å². The van der Waals surface area contributed by atoms with Gasteiger partial charge in [-0.2, -0.15) is 0 Å². The van der Waals surface area contributed by atoms with Crippen LogP contribution in [-0.2, 0) is 6.54 Å². The second-order valence-electron chi connectivity index (χ2n) is 5.07. The SMILES string of the molecule is CC(Nc1nnc(CNC2CC2)o1)c1ccc(F)cc1. The maximum atomic E-state index is 12.9. The lowest BCUT2D eigenvalue weighted by atomic mass is 10.1. The fourth-order valence-corrected chi connectivity index (χ4v) is 1.92. The second kappa shape index (κ2) is 5.58. The average molecular weight is 276 g/mol. The van der Waals surface area contributed by atoms with Gasteiger partial charge in [0.05, 0.1) is 12.6 Å². The number of anilines is 1. The third-order valence-corrected chi connectivity index (χ3v) is 3.30. The molecule has 0 saturated heterocycles. The topological polar surface area (TPSA) is 63.0 Å². The summed E-state index contributed by atoms with van der Waals surface area (Å²) >= 11 is 0. The molecule has 6 heteroatoms. The largest absolute Gasteiger partial charge is 0.407 e. The van der Waals surface area contributed by atoms with E-state index in [1.54, 1.807) is 12.1 Å². The van der Waals surface area contributed by atoms with Crippen LogP contribution in [0.2, 0.25) is 0 Å². The molecule has 0 spiro atoms. The van der Waals surface area contributed by atoms with Gasteiger partial charge in [-0.1, -0.05) is 17.2 Å². The fraction of sp³-hybridized carbons (Fsp3) is 0.429. The van der Waals surface area contributed by atoms with E-state index in [-0.39, 0.29) is 11.9 Å². The summed E-state index contributed by atoms with van der Waals surface area (Å²) in [5, 5.41) is 14.4. The number of aromatic nitrogens is 2. The molecule has 1 atom stereocenters. The molecule has 5 nitrogen and oxygen atoms in total. The Hall–Kier alpha value is -1.95. The predicted molar refractivity (Wildman–Crippen MR) is 72.6 cm³/mol. The molecule has 106 valence electrons. The molecule has 1 saturated carbocycles. The van der Waals surface area contributed by atoms with Crippen LogP contribution in [0.5, 0.6) is 0 Å². The summed E-state index contributed by atoms with van der Waals surface area (Å²) in [7, 11) is 0. The van der Waals surface area contributed by atoms with E-state index in [1.807, 2.05) is 6.92 Å². The van der Waals surface area contributed by atoms with E-state index in [0.29, 0.717) is 24.5 Å². The molecule has 1 aliphatic carbocycles. The molecule has 0 aliphatic heterocycles. The highest BCUT2D eigenvalue weighted by molar-refractivity contribution is 5.28.